The first-order chi connectivity index (χ1) is 11.1. The Labute approximate surface area is 139 Å². The average molecular weight is 332 g/mol. The number of benzene rings is 1. The number of carbonyl (C=O) groups excluding carboxylic acids is 3. The van der Waals surface area contributed by atoms with Crippen LogP contribution in [-0.2, 0) is 20.8 Å². The van der Waals surface area contributed by atoms with Crippen LogP contribution >= 0.6 is 0 Å². The number of nitrogens with zero attached hydrogens (tertiary/aromatic N) is 1. The Balaban J connectivity index is 2.09. The summed E-state index contributed by atoms with van der Waals surface area (Å²) >= 11 is 0. The molecular weight excluding hydrogens is 312 g/mol. The van der Waals surface area contributed by atoms with Gasteiger partial charge in [0.05, 0.1) is 5.92 Å². The number of amides is 3. The van der Waals surface area contributed by atoms with Gasteiger partial charge in [0.15, 0.2) is 0 Å². The molecule has 0 radical (unpaired) electrons. The molecule has 7 nitrogen and oxygen atoms in total. The maximum absolute atomic E-state index is 12.4. The van der Waals surface area contributed by atoms with Crippen molar-refractivity contribution in [2.45, 2.75) is 32.2 Å². The zero-order valence-corrected chi connectivity index (χ0v) is 13.8. The van der Waals surface area contributed by atoms with E-state index in [9.17, 15) is 24.3 Å². The lowest BCUT2D eigenvalue weighted by Gasteiger charge is -2.31. The molecule has 0 aromatic heterocycles. The van der Waals surface area contributed by atoms with Gasteiger partial charge in [0, 0.05) is 19.0 Å². The van der Waals surface area contributed by atoms with Crippen molar-refractivity contribution in [3.8, 4) is 0 Å². The van der Waals surface area contributed by atoms with Crippen molar-refractivity contribution in [1.29, 1.82) is 0 Å². The Kier molecular flexibility index (Phi) is 4.73. The van der Waals surface area contributed by atoms with Crippen molar-refractivity contribution in [3.63, 3.8) is 0 Å². The van der Waals surface area contributed by atoms with Crippen LogP contribution in [0.1, 0.15) is 36.2 Å². The van der Waals surface area contributed by atoms with Gasteiger partial charge in [-0.05, 0) is 38.0 Å². The lowest BCUT2D eigenvalue weighted by molar-refractivity contribution is -0.147. The van der Waals surface area contributed by atoms with E-state index in [1.807, 2.05) is 0 Å². The van der Waals surface area contributed by atoms with E-state index in [4.69, 9.17) is 0 Å². The van der Waals surface area contributed by atoms with Gasteiger partial charge in [-0.15, -0.1) is 0 Å². The molecule has 1 saturated heterocycles. The zero-order chi connectivity index (χ0) is 18.1. The highest BCUT2D eigenvalue weighted by atomic mass is 16.4. The summed E-state index contributed by atoms with van der Waals surface area (Å²) in [5, 5.41) is 11.5. The van der Waals surface area contributed by atoms with E-state index < -0.39 is 17.4 Å². The van der Waals surface area contributed by atoms with E-state index in [0.29, 0.717) is 12.0 Å². The van der Waals surface area contributed by atoms with Crippen LogP contribution in [0.5, 0.6) is 0 Å². The molecule has 1 aromatic rings. The summed E-state index contributed by atoms with van der Waals surface area (Å²) in [5.41, 5.74) is -0.123. The Hall–Kier alpha value is -2.70. The summed E-state index contributed by atoms with van der Waals surface area (Å²) in [7, 11) is 1.44. The molecule has 1 aromatic carbocycles. The highest BCUT2D eigenvalue weighted by Crippen LogP contribution is 2.20. The fourth-order valence-electron chi connectivity index (χ4n) is 2.43. The number of carboxylic acid groups (broad SMARTS) is 1. The Morgan fingerprint density at radius 3 is 2.29 bits per heavy atom. The molecule has 1 heterocycles. The molecule has 128 valence electrons. The van der Waals surface area contributed by atoms with Crippen molar-refractivity contribution in [1.82, 2.24) is 10.2 Å². The van der Waals surface area contributed by atoms with E-state index in [2.05, 4.69) is 5.32 Å². The summed E-state index contributed by atoms with van der Waals surface area (Å²) in [6, 6.07) is 6.62. The normalized spacial score (nSPS) is 17.5. The summed E-state index contributed by atoms with van der Waals surface area (Å²) in [6.45, 7) is 2.91. The monoisotopic (exact) mass is 332 g/mol. The highest BCUT2D eigenvalue weighted by molar-refractivity contribution is 6.03. The Bertz CT molecular complexity index is 693. The number of nitrogens with one attached hydrogen (secondary N) is 1. The van der Waals surface area contributed by atoms with Crippen LogP contribution in [0, 0.1) is 5.92 Å². The first-order valence-electron chi connectivity index (χ1n) is 7.57. The number of hydrogen-bond acceptors (Lipinski definition) is 4. The van der Waals surface area contributed by atoms with Gasteiger partial charge < -0.3 is 10.0 Å². The molecule has 1 atom stereocenters. The number of imide groups is 1. The number of likely N-dealkylation sites (N-methyl/N-ethyl adjacent to an activating group) is 1. The van der Waals surface area contributed by atoms with Gasteiger partial charge in [0.2, 0.25) is 11.8 Å². The standard InChI is InChI=1S/C17H20N2O5/c1-17(2,16(23)24)19(3)15(22)11-6-4-10(5-7-11)8-12-9-13(20)18-14(12)21/h4-7,12H,8-9H2,1-3H3,(H,23,24)(H,18,20,21). The molecule has 1 fully saturated rings. The molecule has 0 aliphatic carbocycles. The van der Waals surface area contributed by atoms with Crippen LogP contribution in [0.25, 0.3) is 0 Å². The van der Waals surface area contributed by atoms with Gasteiger partial charge >= 0.3 is 5.97 Å². The lowest BCUT2D eigenvalue weighted by Crippen LogP contribution is -2.50. The van der Waals surface area contributed by atoms with Gasteiger partial charge in [-0.2, -0.15) is 0 Å². The quantitative estimate of drug-likeness (QED) is 0.777. The minimum Gasteiger partial charge on any atom is -0.480 e. The summed E-state index contributed by atoms with van der Waals surface area (Å²) in [6.07, 6.45) is 0.595. The second-order valence-electron chi connectivity index (χ2n) is 6.44. The van der Waals surface area contributed by atoms with E-state index in [-0.39, 0.29) is 24.2 Å². The fraction of sp³-hybridized carbons (Fsp3) is 0.412. The second kappa shape index (κ2) is 6.43. The molecule has 2 rings (SSSR count). The molecule has 0 saturated carbocycles. The topological polar surface area (TPSA) is 104 Å². The minimum atomic E-state index is -1.32. The maximum Gasteiger partial charge on any atom is 0.329 e. The molecule has 1 unspecified atom stereocenters. The van der Waals surface area contributed by atoms with E-state index >= 15 is 0 Å². The largest absolute Gasteiger partial charge is 0.480 e. The summed E-state index contributed by atoms with van der Waals surface area (Å²) in [5.74, 6) is -2.42. The van der Waals surface area contributed by atoms with Gasteiger partial charge in [0.25, 0.3) is 5.91 Å². The smallest absolute Gasteiger partial charge is 0.329 e. The van der Waals surface area contributed by atoms with Crippen LogP contribution in [-0.4, -0.2) is 46.3 Å². The van der Waals surface area contributed by atoms with Crippen molar-refractivity contribution in [3.05, 3.63) is 35.4 Å². The van der Waals surface area contributed by atoms with E-state index in [0.717, 1.165) is 5.56 Å². The molecule has 7 heteroatoms. The van der Waals surface area contributed by atoms with E-state index in [1.165, 1.54) is 25.8 Å². The number of rotatable bonds is 5. The highest BCUT2D eigenvalue weighted by Gasteiger charge is 2.35. The third kappa shape index (κ3) is 3.45. The van der Waals surface area contributed by atoms with Crippen molar-refractivity contribution >= 4 is 23.7 Å². The maximum atomic E-state index is 12.4. The Morgan fingerprint density at radius 2 is 1.83 bits per heavy atom. The predicted octanol–water partition coefficient (Wildman–Crippen LogP) is 0.827. The van der Waals surface area contributed by atoms with Crippen molar-refractivity contribution < 1.29 is 24.3 Å². The Morgan fingerprint density at radius 1 is 1.25 bits per heavy atom. The third-order valence-electron chi connectivity index (χ3n) is 4.41. The number of carboxylic acids is 1. The molecule has 1 aliphatic heterocycles. The van der Waals surface area contributed by atoms with E-state index in [1.54, 1.807) is 24.3 Å². The van der Waals surface area contributed by atoms with Gasteiger partial charge in [-0.25, -0.2) is 4.79 Å². The van der Waals surface area contributed by atoms with Crippen LogP contribution in [0.2, 0.25) is 0 Å². The molecule has 1 aliphatic rings. The zero-order valence-electron chi connectivity index (χ0n) is 13.8. The van der Waals surface area contributed by atoms with Crippen molar-refractivity contribution in [2.75, 3.05) is 7.05 Å². The number of carbonyl (C=O) groups is 4. The molecule has 0 spiro atoms. The number of aliphatic carboxylic acids is 1. The summed E-state index contributed by atoms with van der Waals surface area (Å²) in [4.78, 5) is 47.6. The van der Waals surface area contributed by atoms with Crippen LogP contribution in [0.4, 0.5) is 0 Å². The average Bonchev–Trinajstić information content (AvgIpc) is 2.84. The molecule has 2 N–H and O–H groups in total. The SMILES string of the molecule is CN(C(=O)c1ccc(CC2CC(=O)NC2=O)cc1)C(C)(C)C(=O)O. The fourth-order valence-corrected chi connectivity index (χ4v) is 2.43. The molecule has 0 bridgehead atoms. The molecule has 24 heavy (non-hydrogen) atoms. The predicted molar refractivity (Wildman–Crippen MR) is 85.2 cm³/mol. The molecular formula is C17H20N2O5. The van der Waals surface area contributed by atoms with Crippen LogP contribution < -0.4 is 5.32 Å². The third-order valence-corrected chi connectivity index (χ3v) is 4.41. The first kappa shape index (κ1) is 17.7. The molecule has 3 amide bonds. The van der Waals surface area contributed by atoms with Gasteiger partial charge in [-0.3, -0.25) is 19.7 Å². The second-order valence-corrected chi connectivity index (χ2v) is 6.44. The minimum absolute atomic E-state index is 0.176. The number of hydrogen-bond donors (Lipinski definition) is 2. The van der Waals surface area contributed by atoms with Crippen LogP contribution in [0.3, 0.4) is 0 Å². The first-order valence-corrected chi connectivity index (χ1v) is 7.57. The summed E-state index contributed by atoms with van der Waals surface area (Å²) < 4.78 is 0. The van der Waals surface area contributed by atoms with Gasteiger partial charge in [-0.1, -0.05) is 12.1 Å². The lowest BCUT2D eigenvalue weighted by atomic mass is 9.96. The van der Waals surface area contributed by atoms with Crippen LogP contribution in [0.15, 0.2) is 24.3 Å². The van der Waals surface area contributed by atoms with Gasteiger partial charge in [0.1, 0.15) is 5.54 Å². The van der Waals surface area contributed by atoms with Crippen molar-refractivity contribution in [2.24, 2.45) is 5.92 Å².